The monoisotopic (exact) mass is 334 g/mol. The fourth-order valence-electron chi connectivity index (χ4n) is 2.26. The van der Waals surface area contributed by atoms with Crippen molar-refractivity contribution in [3.63, 3.8) is 0 Å². The molecule has 0 bridgehead atoms. The van der Waals surface area contributed by atoms with Crippen molar-refractivity contribution >= 4 is 18.1 Å². The summed E-state index contributed by atoms with van der Waals surface area (Å²) in [6, 6.07) is 7.59. The van der Waals surface area contributed by atoms with Crippen LogP contribution in [0.1, 0.15) is 26.3 Å². The van der Waals surface area contributed by atoms with Crippen LogP contribution < -0.4 is 0 Å². The van der Waals surface area contributed by atoms with Gasteiger partial charge in [0.25, 0.3) is 0 Å². The van der Waals surface area contributed by atoms with Crippen molar-refractivity contribution in [2.45, 2.75) is 39.0 Å². The van der Waals surface area contributed by atoms with E-state index >= 15 is 0 Å². The van der Waals surface area contributed by atoms with Gasteiger partial charge in [-0.2, -0.15) is 0 Å². The van der Waals surface area contributed by atoms with Crippen molar-refractivity contribution in [3.05, 3.63) is 35.9 Å². The summed E-state index contributed by atoms with van der Waals surface area (Å²) in [5, 5.41) is 0. The van der Waals surface area contributed by atoms with Crippen molar-refractivity contribution in [3.8, 4) is 0 Å². The van der Waals surface area contributed by atoms with Gasteiger partial charge in [0.2, 0.25) is 0 Å². The third-order valence-electron chi connectivity index (χ3n) is 3.38. The zero-order valence-corrected chi connectivity index (χ0v) is 14.3. The standard InChI is InChI=1S/C17H22N2O5/c1-17(2,3)24-16(22)19-13(10-18(4)15(19)21)14(20)23-11-12-8-6-5-7-9-12/h5-9,13H,10-11H2,1-4H3/t13-/m0/s1. The summed E-state index contributed by atoms with van der Waals surface area (Å²) in [6.07, 6.45) is -0.849. The Bertz CT molecular complexity index is 624. The maximum absolute atomic E-state index is 12.3. The molecule has 1 fully saturated rings. The molecule has 7 heteroatoms. The molecule has 0 radical (unpaired) electrons. The van der Waals surface area contributed by atoms with Gasteiger partial charge in [0.05, 0.1) is 6.54 Å². The summed E-state index contributed by atoms with van der Waals surface area (Å²) < 4.78 is 10.5. The van der Waals surface area contributed by atoms with Gasteiger partial charge in [0.15, 0.2) is 6.04 Å². The van der Waals surface area contributed by atoms with Crippen LogP contribution in [0, 0.1) is 0 Å². The van der Waals surface area contributed by atoms with E-state index in [0.717, 1.165) is 10.5 Å². The predicted octanol–water partition coefficient (Wildman–Crippen LogP) is 2.40. The Morgan fingerprint density at radius 3 is 2.42 bits per heavy atom. The first-order valence-corrected chi connectivity index (χ1v) is 7.67. The summed E-state index contributed by atoms with van der Waals surface area (Å²) >= 11 is 0. The van der Waals surface area contributed by atoms with E-state index in [1.54, 1.807) is 20.8 Å². The highest BCUT2D eigenvalue weighted by Crippen LogP contribution is 2.20. The van der Waals surface area contributed by atoms with Crippen LogP contribution in [0.25, 0.3) is 0 Å². The molecular weight excluding hydrogens is 312 g/mol. The molecule has 1 atom stereocenters. The van der Waals surface area contributed by atoms with Gasteiger partial charge >= 0.3 is 18.1 Å². The SMILES string of the molecule is CN1C[C@@H](C(=O)OCc2ccccc2)N(C(=O)OC(C)(C)C)C1=O. The Morgan fingerprint density at radius 1 is 1.21 bits per heavy atom. The summed E-state index contributed by atoms with van der Waals surface area (Å²) in [5.74, 6) is -0.637. The van der Waals surface area contributed by atoms with Crippen molar-refractivity contribution in [2.24, 2.45) is 0 Å². The van der Waals surface area contributed by atoms with Crippen LogP contribution in [0.5, 0.6) is 0 Å². The van der Waals surface area contributed by atoms with Gasteiger partial charge < -0.3 is 14.4 Å². The zero-order chi connectivity index (χ0) is 17.9. The summed E-state index contributed by atoms with van der Waals surface area (Å²) in [5.41, 5.74) is 0.0594. The molecule has 2 rings (SSSR count). The highest BCUT2D eigenvalue weighted by molar-refractivity contribution is 5.98. The van der Waals surface area contributed by atoms with E-state index in [2.05, 4.69) is 0 Å². The normalized spacial score (nSPS) is 17.8. The lowest BCUT2D eigenvalue weighted by atomic mass is 10.2. The molecule has 130 valence electrons. The molecule has 0 N–H and O–H groups in total. The molecule has 3 amide bonds. The van der Waals surface area contributed by atoms with Crippen molar-refractivity contribution < 1.29 is 23.9 Å². The van der Waals surface area contributed by atoms with Gasteiger partial charge in [-0.15, -0.1) is 0 Å². The number of rotatable bonds is 3. The highest BCUT2D eigenvalue weighted by Gasteiger charge is 2.46. The zero-order valence-electron chi connectivity index (χ0n) is 14.3. The number of likely N-dealkylation sites (N-methyl/N-ethyl adjacent to an activating group) is 1. The van der Waals surface area contributed by atoms with E-state index < -0.39 is 29.7 Å². The average Bonchev–Trinajstić information content (AvgIpc) is 2.80. The molecule has 0 spiro atoms. The van der Waals surface area contributed by atoms with Crippen LogP contribution in [0.3, 0.4) is 0 Å². The number of urea groups is 1. The van der Waals surface area contributed by atoms with Gasteiger partial charge in [0.1, 0.15) is 12.2 Å². The largest absolute Gasteiger partial charge is 0.459 e. The maximum atomic E-state index is 12.3. The number of imide groups is 1. The predicted molar refractivity (Wildman–Crippen MR) is 86.1 cm³/mol. The number of esters is 1. The number of benzene rings is 1. The Labute approximate surface area is 141 Å². The minimum absolute atomic E-state index is 0.0751. The average molecular weight is 334 g/mol. The number of amides is 3. The first-order valence-electron chi connectivity index (χ1n) is 7.67. The lowest BCUT2D eigenvalue weighted by molar-refractivity contribution is -0.149. The van der Waals surface area contributed by atoms with Crippen molar-refractivity contribution in [2.75, 3.05) is 13.6 Å². The lowest BCUT2D eigenvalue weighted by Gasteiger charge is -2.25. The number of carbonyl (C=O) groups excluding carboxylic acids is 3. The van der Waals surface area contributed by atoms with E-state index in [-0.39, 0.29) is 13.2 Å². The molecule has 1 aromatic rings. The number of hydrogen-bond donors (Lipinski definition) is 0. The Hall–Kier alpha value is -2.57. The van der Waals surface area contributed by atoms with Gasteiger partial charge in [-0.3, -0.25) is 0 Å². The number of hydrogen-bond acceptors (Lipinski definition) is 5. The fourth-order valence-corrected chi connectivity index (χ4v) is 2.26. The minimum Gasteiger partial charge on any atom is -0.459 e. The fraction of sp³-hybridized carbons (Fsp3) is 0.471. The minimum atomic E-state index is -1.01. The Morgan fingerprint density at radius 2 is 1.83 bits per heavy atom. The molecular formula is C17H22N2O5. The number of nitrogens with zero attached hydrogens (tertiary/aromatic N) is 2. The summed E-state index contributed by atoms with van der Waals surface area (Å²) in [7, 11) is 1.52. The molecule has 1 aliphatic rings. The second-order valence-electron chi connectivity index (χ2n) is 6.62. The van der Waals surface area contributed by atoms with Crippen LogP contribution in [-0.2, 0) is 20.9 Å². The molecule has 24 heavy (non-hydrogen) atoms. The molecule has 0 unspecified atom stereocenters. The number of ether oxygens (including phenoxy) is 2. The van der Waals surface area contributed by atoms with E-state index in [1.807, 2.05) is 30.3 Å². The van der Waals surface area contributed by atoms with Gasteiger partial charge in [-0.1, -0.05) is 30.3 Å². The molecule has 0 aliphatic carbocycles. The summed E-state index contributed by atoms with van der Waals surface area (Å²) in [6.45, 7) is 5.23. The maximum Gasteiger partial charge on any atom is 0.419 e. The van der Waals surface area contributed by atoms with Crippen LogP contribution in [0.15, 0.2) is 30.3 Å². The topological polar surface area (TPSA) is 76.2 Å². The van der Waals surface area contributed by atoms with Gasteiger partial charge in [-0.05, 0) is 26.3 Å². The van der Waals surface area contributed by atoms with Crippen LogP contribution in [0.4, 0.5) is 9.59 Å². The molecule has 0 aromatic heterocycles. The van der Waals surface area contributed by atoms with Crippen LogP contribution in [0.2, 0.25) is 0 Å². The molecule has 1 saturated heterocycles. The first-order chi connectivity index (χ1) is 11.2. The highest BCUT2D eigenvalue weighted by atomic mass is 16.6. The van der Waals surface area contributed by atoms with E-state index in [9.17, 15) is 14.4 Å². The smallest absolute Gasteiger partial charge is 0.419 e. The quantitative estimate of drug-likeness (QED) is 0.793. The van der Waals surface area contributed by atoms with E-state index in [0.29, 0.717) is 0 Å². The first kappa shape index (κ1) is 17.8. The summed E-state index contributed by atoms with van der Waals surface area (Å²) in [4.78, 5) is 38.9. The van der Waals surface area contributed by atoms with Crippen LogP contribution >= 0.6 is 0 Å². The Balaban J connectivity index is 2.07. The molecule has 1 aromatic carbocycles. The number of carbonyl (C=O) groups is 3. The third kappa shape index (κ3) is 4.24. The van der Waals surface area contributed by atoms with Crippen LogP contribution in [-0.4, -0.2) is 53.1 Å². The Kier molecular flexibility index (Phi) is 5.11. The van der Waals surface area contributed by atoms with Crippen molar-refractivity contribution in [1.82, 2.24) is 9.80 Å². The van der Waals surface area contributed by atoms with Gasteiger partial charge in [-0.25, -0.2) is 19.3 Å². The second kappa shape index (κ2) is 6.90. The van der Waals surface area contributed by atoms with E-state index in [4.69, 9.17) is 9.47 Å². The molecule has 0 saturated carbocycles. The molecule has 1 aliphatic heterocycles. The molecule has 7 nitrogen and oxygen atoms in total. The second-order valence-corrected chi connectivity index (χ2v) is 6.62. The lowest BCUT2D eigenvalue weighted by Crippen LogP contribution is -2.46. The third-order valence-corrected chi connectivity index (χ3v) is 3.38. The van der Waals surface area contributed by atoms with E-state index in [1.165, 1.54) is 11.9 Å². The molecule has 1 heterocycles. The van der Waals surface area contributed by atoms with Gasteiger partial charge in [0, 0.05) is 7.05 Å². The van der Waals surface area contributed by atoms with Crippen molar-refractivity contribution in [1.29, 1.82) is 0 Å².